The lowest BCUT2D eigenvalue weighted by Gasteiger charge is -2.33. The van der Waals surface area contributed by atoms with Crippen LogP contribution in [0.3, 0.4) is 0 Å². The van der Waals surface area contributed by atoms with Crippen LogP contribution in [0.15, 0.2) is 35.6 Å². The van der Waals surface area contributed by atoms with E-state index in [2.05, 4.69) is 51.0 Å². The number of methoxy groups -OCH3 is 1. The van der Waals surface area contributed by atoms with Crippen LogP contribution in [0.2, 0.25) is 0 Å². The Labute approximate surface area is 191 Å². The highest BCUT2D eigenvalue weighted by molar-refractivity contribution is 14.0. The standard InChI is InChI=1S/C21H32N6O.HI/c1-4-20-25-24-16-27(20)13-11-22-21(26-12-5-6-17(2)15-26)23-14-18-7-9-19(28-3)10-8-18;/h7-10,16-17H,4-6,11-15H2,1-3H3,(H,22,23);1H. The van der Waals surface area contributed by atoms with Gasteiger partial charge in [0.15, 0.2) is 5.96 Å². The van der Waals surface area contributed by atoms with E-state index in [0.29, 0.717) is 12.5 Å². The van der Waals surface area contributed by atoms with Gasteiger partial charge in [0.1, 0.15) is 17.9 Å². The highest BCUT2D eigenvalue weighted by atomic mass is 127. The zero-order valence-electron chi connectivity index (χ0n) is 17.7. The molecule has 1 unspecified atom stereocenters. The summed E-state index contributed by atoms with van der Waals surface area (Å²) in [4.78, 5) is 7.31. The summed E-state index contributed by atoms with van der Waals surface area (Å²) in [6.07, 6.45) is 5.21. The average Bonchev–Trinajstić information content (AvgIpc) is 3.18. The Hall–Kier alpha value is -1.84. The van der Waals surface area contributed by atoms with E-state index in [1.165, 1.54) is 18.4 Å². The first kappa shape index (κ1) is 23.4. The molecule has 3 rings (SSSR count). The van der Waals surface area contributed by atoms with Crippen molar-refractivity contribution >= 4 is 29.9 Å². The number of piperidine rings is 1. The van der Waals surface area contributed by atoms with Gasteiger partial charge in [0.2, 0.25) is 0 Å². The zero-order valence-corrected chi connectivity index (χ0v) is 20.0. The molecule has 1 fully saturated rings. The van der Waals surface area contributed by atoms with Crippen molar-refractivity contribution in [3.8, 4) is 5.75 Å². The van der Waals surface area contributed by atoms with Crippen molar-refractivity contribution in [2.24, 2.45) is 10.9 Å². The maximum atomic E-state index is 5.24. The van der Waals surface area contributed by atoms with Crippen molar-refractivity contribution in [3.63, 3.8) is 0 Å². The minimum atomic E-state index is 0. The van der Waals surface area contributed by atoms with Crippen molar-refractivity contribution in [1.29, 1.82) is 0 Å². The minimum Gasteiger partial charge on any atom is -0.497 e. The average molecular weight is 512 g/mol. The van der Waals surface area contributed by atoms with E-state index in [1.54, 1.807) is 13.4 Å². The largest absolute Gasteiger partial charge is 0.497 e. The Balaban J connectivity index is 0.00000300. The third-order valence-electron chi connectivity index (χ3n) is 5.17. The summed E-state index contributed by atoms with van der Waals surface area (Å²) in [5.74, 6) is 3.58. The number of nitrogens with one attached hydrogen (secondary N) is 1. The molecule has 1 N–H and O–H groups in total. The van der Waals surface area contributed by atoms with E-state index in [9.17, 15) is 0 Å². The molecule has 1 aliphatic heterocycles. The number of hydrogen-bond donors (Lipinski definition) is 1. The number of aliphatic imine (C=N–C) groups is 1. The van der Waals surface area contributed by atoms with E-state index in [-0.39, 0.29) is 24.0 Å². The molecule has 29 heavy (non-hydrogen) atoms. The van der Waals surface area contributed by atoms with Crippen LogP contribution in [-0.2, 0) is 19.5 Å². The Kier molecular flexibility index (Phi) is 9.69. The van der Waals surface area contributed by atoms with Crippen molar-refractivity contribution in [3.05, 3.63) is 42.0 Å². The summed E-state index contributed by atoms with van der Waals surface area (Å²) in [7, 11) is 1.69. The molecule has 1 aliphatic rings. The van der Waals surface area contributed by atoms with E-state index in [0.717, 1.165) is 50.1 Å². The van der Waals surface area contributed by atoms with Gasteiger partial charge in [-0.25, -0.2) is 4.99 Å². The number of benzene rings is 1. The molecule has 1 aromatic carbocycles. The van der Waals surface area contributed by atoms with Gasteiger partial charge < -0.3 is 19.5 Å². The highest BCUT2D eigenvalue weighted by Gasteiger charge is 2.19. The molecule has 2 heterocycles. The molecular formula is C21H33IN6O. The van der Waals surface area contributed by atoms with Crippen LogP contribution >= 0.6 is 24.0 Å². The summed E-state index contributed by atoms with van der Waals surface area (Å²) in [5, 5.41) is 11.7. The van der Waals surface area contributed by atoms with Crippen LogP contribution < -0.4 is 10.1 Å². The molecule has 0 aliphatic carbocycles. The molecule has 0 radical (unpaired) electrons. The second-order valence-electron chi connectivity index (χ2n) is 7.40. The number of hydrogen-bond acceptors (Lipinski definition) is 4. The Morgan fingerprint density at radius 1 is 1.31 bits per heavy atom. The van der Waals surface area contributed by atoms with Gasteiger partial charge in [0.25, 0.3) is 0 Å². The van der Waals surface area contributed by atoms with Crippen molar-refractivity contribution in [2.75, 3.05) is 26.7 Å². The van der Waals surface area contributed by atoms with Crippen LogP contribution in [-0.4, -0.2) is 52.4 Å². The van der Waals surface area contributed by atoms with Gasteiger partial charge >= 0.3 is 0 Å². The molecule has 7 nitrogen and oxygen atoms in total. The van der Waals surface area contributed by atoms with E-state index in [4.69, 9.17) is 9.73 Å². The number of halogens is 1. The monoisotopic (exact) mass is 512 g/mol. The number of aromatic nitrogens is 3. The Morgan fingerprint density at radius 3 is 2.79 bits per heavy atom. The van der Waals surface area contributed by atoms with Gasteiger partial charge in [-0.2, -0.15) is 0 Å². The van der Waals surface area contributed by atoms with E-state index in [1.807, 2.05) is 12.1 Å². The molecule has 1 saturated heterocycles. The van der Waals surface area contributed by atoms with E-state index >= 15 is 0 Å². The fourth-order valence-electron chi connectivity index (χ4n) is 3.57. The lowest BCUT2D eigenvalue weighted by molar-refractivity contribution is 0.265. The predicted octanol–water partition coefficient (Wildman–Crippen LogP) is 3.34. The van der Waals surface area contributed by atoms with Gasteiger partial charge in [-0.1, -0.05) is 26.0 Å². The fourth-order valence-corrected chi connectivity index (χ4v) is 3.57. The first-order chi connectivity index (χ1) is 13.7. The van der Waals surface area contributed by atoms with Gasteiger partial charge in [-0.05, 0) is 36.5 Å². The molecule has 0 spiro atoms. The molecule has 0 amide bonds. The number of guanidine groups is 1. The molecule has 8 heteroatoms. The summed E-state index contributed by atoms with van der Waals surface area (Å²) in [6, 6.07) is 8.12. The van der Waals surface area contributed by atoms with Crippen LogP contribution in [0.1, 0.15) is 38.1 Å². The predicted molar refractivity (Wildman–Crippen MR) is 127 cm³/mol. The Bertz CT molecular complexity index is 761. The molecule has 2 aromatic rings. The normalized spacial score (nSPS) is 17.0. The lowest BCUT2D eigenvalue weighted by atomic mass is 10.0. The van der Waals surface area contributed by atoms with Gasteiger partial charge in [-0.3, -0.25) is 0 Å². The first-order valence-corrected chi connectivity index (χ1v) is 10.2. The van der Waals surface area contributed by atoms with Crippen molar-refractivity contribution in [2.45, 2.75) is 46.2 Å². The Morgan fingerprint density at radius 2 is 2.10 bits per heavy atom. The quantitative estimate of drug-likeness (QED) is 0.350. The molecule has 0 bridgehead atoms. The van der Waals surface area contributed by atoms with Crippen molar-refractivity contribution in [1.82, 2.24) is 25.0 Å². The minimum absolute atomic E-state index is 0. The zero-order chi connectivity index (χ0) is 19.8. The van der Waals surface area contributed by atoms with Crippen LogP contribution in [0.25, 0.3) is 0 Å². The summed E-state index contributed by atoms with van der Waals surface area (Å²) >= 11 is 0. The molecule has 1 atom stereocenters. The summed E-state index contributed by atoms with van der Waals surface area (Å²) < 4.78 is 7.34. The van der Waals surface area contributed by atoms with Crippen molar-refractivity contribution < 1.29 is 4.74 Å². The lowest BCUT2D eigenvalue weighted by Crippen LogP contribution is -2.47. The third kappa shape index (κ3) is 6.87. The third-order valence-corrected chi connectivity index (χ3v) is 5.17. The second-order valence-corrected chi connectivity index (χ2v) is 7.40. The van der Waals surface area contributed by atoms with Gasteiger partial charge in [0, 0.05) is 32.6 Å². The highest BCUT2D eigenvalue weighted by Crippen LogP contribution is 2.16. The van der Waals surface area contributed by atoms with Gasteiger partial charge in [0.05, 0.1) is 13.7 Å². The SMILES string of the molecule is CCc1nncn1CCNC(=NCc1ccc(OC)cc1)N1CCCC(C)C1.I. The molecular weight excluding hydrogens is 479 g/mol. The fraction of sp³-hybridized carbons (Fsp3) is 0.571. The summed E-state index contributed by atoms with van der Waals surface area (Å²) in [5.41, 5.74) is 1.18. The maximum Gasteiger partial charge on any atom is 0.194 e. The van der Waals surface area contributed by atoms with Gasteiger partial charge in [-0.15, -0.1) is 34.2 Å². The van der Waals surface area contributed by atoms with E-state index < -0.39 is 0 Å². The molecule has 160 valence electrons. The number of rotatable bonds is 7. The number of nitrogens with zero attached hydrogens (tertiary/aromatic N) is 5. The molecule has 1 aromatic heterocycles. The van der Waals surface area contributed by atoms with Crippen LogP contribution in [0, 0.1) is 5.92 Å². The number of ether oxygens (including phenoxy) is 1. The summed E-state index contributed by atoms with van der Waals surface area (Å²) in [6.45, 7) is 8.83. The van der Waals surface area contributed by atoms with Crippen LogP contribution in [0.5, 0.6) is 5.75 Å². The maximum absolute atomic E-state index is 5.24. The number of aryl methyl sites for hydroxylation is 1. The smallest absolute Gasteiger partial charge is 0.194 e. The topological polar surface area (TPSA) is 67.6 Å². The number of likely N-dealkylation sites (tertiary alicyclic amines) is 1. The molecule has 0 saturated carbocycles. The second kappa shape index (κ2) is 12.0. The first-order valence-electron chi connectivity index (χ1n) is 10.2. The van der Waals surface area contributed by atoms with Crippen LogP contribution in [0.4, 0.5) is 0 Å².